The minimum Gasteiger partial charge on any atom is -0.480 e. The zero-order valence-corrected chi connectivity index (χ0v) is 17.3. The SMILES string of the molecule is CC(C)(C)OC(=O)N1CCC[C@@](C(=O)O)(S(=O)(=O)c2ccc(Br)cc2)C1. The van der Waals surface area contributed by atoms with Crippen molar-refractivity contribution in [2.24, 2.45) is 0 Å². The summed E-state index contributed by atoms with van der Waals surface area (Å²) in [5.41, 5.74) is -0.759. The van der Waals surface area contributed by atoms with Crippen LogP contribution in [0.5, 0.6) is 0 Å². The van der Waals surface area contributed by atoms with E-state index in [1.165, 1.54) is 29.2 Å². The number of likely N-dealkylation sites (tertiary alicyclic amines) is 1. The zero-order chi connectivity index (χ0) is 19.8. The van der Waals surface area contributed by atoms with Crippen LogP contribution in [0.3, 0.4) is 0 Å². The van der Waals surface area contributed by atoms with E-state index in [1.54, 1.807) is 20.8 Å². The molecule has 0 saturated carbocycles. The first-order valence-corrected chi connectivity index (χ1v) is 10.4. The van der Waals surface area contributed by atoms with Crippen molar-refractivity contribution >= 4 is 37.8 Å². The molecule has 1 aromatic carbocycles. The fourth-order valence-corrected chi connectivity index (χ4v) is 5.03. The van der Waals surface area contributed by atoms with E-state index in [2.05, 4.69) is 15.9 Å². The Balaban J connectivity index is 2.41. The molecule has 0 radical (unpaired) electrons. The number of sulfone groups is 1. The van der Waals surface area contributed by atoms with Crippen LogP contribution >= 0.6 is 15.9 Å². The Kier molecular flexibility index (Phi) is 5.72. The molecule has 0 aliphatic carbocycles. The maximum atomic E-state index is 13.1. The molecule has 144 valence electrons. The van der Waals surface area contributed by atoms with Crippen LogP contribution in [0.2, 0.25) is 0 Å². The molecule has 0 aromatic heterocycles. The van der Waals surface area contributed by atoms with Gasteiger partial charge in [-0.1, -0.05) is 15.9 Å². The van der Waals surface area contributed by atoms with Gasteiger partial charge >= 0.3 is 12.1 Å². The first-order chi connectivity index (χ1) is 11.9. The van der Waals surface area contributed by atoms with Gasteiger partial charge in [-0.05, 0) is 57.9 Å². The van der Waals surface area contributed by atoms with E-state index < -0.39 is 38.8 Å². The van der Waals surface area contributed by atoms with Gasteiger partial charge < -0.3 is 14.7 Å². The monoisotopic (exact) mass is 447 g/mol. The summed E-state index contributed by atoms with van der Waals surface area (Å²) in [6.07, 6.45) is -0.532. The predicted octanol–water partition coefficient (Wildman–Crippen LogP) is 3.08. The van der Waals surface area contributed by atoms with E-state index in [1.807, 2.05) is 0 Å². The van der Waals surface area contributed by atoms with E-state index in [-0.39, 0.29) is 24.3 Å². The largest absolute Gasteiger partial charge is 0.480 e. The van der Waals surface area contributed by atoms with E-state index in [9.17, 15) is 23.1 Å². The van der Waals surface area contributed by atoms with Gasteiger partial charge in [-0.25, -0.2) is 13.2 Å². The first-order valence-electron chi connectivity index (χ1n) is 8.11. The van der Waals surface area contributed by atoms with Gasteiger partial charge in [-0.2, -0.15) is 0 Å². The molecule has 2 rings (SSSR count). The number of carboxylic acid groups (broad SMARTS) is 1. The van der Waals surface area contributed by atoms with Crippen LogP contribution in [-0.2, 0) is 19.4 Å². The number of ether oxygens (including phenoxy) is 1. The lowest BCUT2D eigenvalue weighted by atomic mass is 9.97. The maximum Gasteiger partial charge on any atom is 0.410 e. The molecule has 1 atom stereocenters. The van der Waals surface area contributed by atoms with Crippen LogP contribution < -0.4 is 0 Å². The summed E-state index contributed by atoms with van der Waals surface area (Å²) >= 11 is 3.23. The van der Waals surface area contributed by atoms with Crippen LogP contribution in [0.25, 0.3) is 0 Å². The minimum atomic E-state index is -4.22. The van der Waals surface area contributed by atoms with Crippen molar-refractivity contribution in [3.8, 4) is 0 Å². The van der Waals surface area contributed by atoms with Crippen molar-refractivity contribution in [3.63, 3.8) is 0 Å². The van der Waals surface area contributed by atoms with E-state index in [4.69, 9.17) is 4.74 Å². The van der Waals surface area contributed by atoms with E-state index in [0.29, 0.717) is 4.47 Å². The maximum absolute atomic E-state index is 13.1. The summed E-state index contributed by atoms with van der Waals surface area (Å²) in [4.78, 5) is 25.5. The molecule has 0 spiro atoms. The van der Waals surface area contributed by atoms with E-state index in [0.717, 1.165) is 0 Å². The first kappa shape index (κ1) is 20.7. The van der Waals surface area contributed by atoms with Gasteiger partial charge in [0.1, 0.15) is 5.60 Å². The number of halogens is 1. The summed E-state index contributed by atoms with van der Waals surface area (Å²) in [6.45, 7) is 4.88. The summed E-state index contributed by atoms with van der Waals surface area (Å²) in [5, 5.41) is 9.81. The van der Waals surface area contributed by atoms with Crippen molar-refractivity contribution in [1.82, 2.24) is 4.90 Å². The van der Waals surface area contributed by atoms with Gasteiger partial charge in [0, 0.05) is 11.0 Å². The fourth-order valence-electron chi connectivity index (χ4n) is 2.85. The van der Waals surface area contributed by atoms with Crippen LogP contribution in [-0.4, -0.2) is 53.9 Å². The summed E-state index contributed by atoms with van der Waals surface area (Å²) < 4.78 is 30.1. The minimum absolute atomic E-state index is 0.0694. The number of nitrogens with zero attached hydrogens (tertiary/aromatic N) is 1. The Morgan fingerprint density at radius 2 is 1.81 bits per heavy atom. The highest BCUT2D eigenvalue weighted by atomic mass is 79.9. The van der Waals surface area contributed by atoms with Gasteiger partial charge in [0.15, 0.2) is 14.6 Å². The molecular formula is C17H22BrNO6S. The summed E-state index contributed by atoms with van der Waals surface area (Å²) in [7, 11) is -4.22. The highest BCUT2D eigenvalue weighted by molar-refractivity contribution is 9.10. The quantitative estimate of drug-likeness (QED) is 0.763. The molecule has 1 heterocycles. The molecule has 1 aromatic rings. The van der Waals surface area contributed by atoms with E-state index >= 15 is 0 Å². The van der Waals surface area contributed by atoms with Crippen LogP contribution in [0, 0.1) is 0 Å². The average Bonchev–Trinajstić information content (AvgIpc) is 2.53. The molecule has 1 saturated heterocycles. The van der Waals surface area contributed by atoms with Crippen molar-refractivity contribution in [3.05, 3.63) is 28.7 Å². The Morgan fingerprint density at radius 1 is 1.23 bits per heavy atom. The molecule has 1 aliphatic heterocycles. The van der Waals surface area contributed by atoms with Crippen LogP contribution in [0.1, 0.15) is 33.6 Å². The number of aliphatic carboxylic acids is 1. The van der Waals surface area contributed by atoms with Gasteiger partial charge in [0.2, 0.25) is 0 Å². The Labute approximate surface area is 161 Å². The van der Waals surface area contributed by atoms with Gasteiger partial charge in [-0.15, -0.1) is 0 Å². The lowest BCUT2D eigenvalue weighted by molar-refractivity contribution is -0.141. The molecule has 1 N–H and O–H groups in total. The van der Waals surface area contributed by atoms with Crippen molar-refractivity contribution in [2.75, 3.05) is 13.1 Å². The number of amides is 1. The second kappa shape index (κ2) is 7.19. The second-order valence-corrected chi connectivity index (χ2v) is 10.4. The molecule has 0 bridgehead atoms. The highest BCUT2D eigenvalue weighted by Gasteiger charge is 2.55. The Morgan fingerprint density at radius 3 is 2.31 bits per heavy atom. The third-order valence-corrected chi connectivity index (χ3v) is 7.09. The van der Waals surface area contributed by atoms with Crippen LogP contribution in [0.4, 0.5) is 4.79 Å². The Bertz CT molecular complexity index is 800. The number of rotatable bonds is 3. The molecule has 9 heteroatoms. The number of piperidine rings is 1. The number of hydrogen-bond acceptors (Lipinski definition) is 5. The second-order valence-electron chi connectivity index (χ2n) is 7.26. The molecule has 26 heavy (non-hydrogen) atoms. The third kappa shape index (κ3) is 4.03. The Hall–Kier alpha value is -1.61. The number of carboxylic acids is 1. The van der Waals surface area contributed by atoms with Crippen molar-refractivity contribution in [1.29, 1.82) is 0 Å². The highest BCUT2D eigenvalue weighted by Crippen LogP contribution is 2.35. The predicted molar refractivity (Wildman–Crippen MR) is 98.7 cm³/mol. The smallest absolute Gasteiger partial charge is 0.410 e. The van der Waals surface area contributed by atoms with Crippen LogP contribution in [0.15, 0.2) is 33.6 Å². The lowest BCUT2D eigenvalue weighted by Crippen LogP contribution is -2.59. The number of benzene rings is 1. The standard InChI is InChI=1S/C17H22BrNO6S/c1-16(2,3)25-15(22)19-10-4-9-17(11-19,14(20)21)26(23,24)13-7-5-12(18)6-8-13/h5-8H,4,9-11H2,1-3H3,(H,20,21)/t17-/m1/s1. The van der Waals surface area contributed by atoms with Gasteiger partial charge in [0.25, 0.3) is 0 Å². The van der Waals surface area contributed by atoms with Gasteiger partial charge in [-0.3, -0.25) is 4.79 Å². The molecule has 1 amide bonds. The lowest BCUT2D eigenvalue weighted by Gasteiger charge is -2.39. The normalized spacial score (nSPS) is 21.3. The number of carbonyl (C=O) groups excluding carboxylic acids is 1. The molecular weight excluding hydrogens is 426 g/mol. The summed E-state index contributed by atoms with van der Waals surface area (Å²) in [6, 6.07) is 5.79. The third-order valence-electron chi connectivity index (χ3n) is 4.13. The number of carbonyl (C=O) groups is 2. The van der Waals surface area contributed by atoms with Crippen molar-refractivity contribution < 1.29 is 27.9 Å². The molecule has 7 nitrogen and oxygen atoms in total. The van der Waals surface area contributed by atoms with Gasteiger partial charge in [0.05, 0.1) is 11.4 Å². The zero-order valence-electron chi connectivity index (χ0n) is 14.9. The molecule has 1 aliphatic rings. The average molecular weight is 448 g/mol. The summed E-state index contributed by atoms with van der Waals surface area (Å²) in [5.74, 6) is -1.46. The fraction of sp³-hybridized carbons (Fsp3) is 0.529. The van der Waals surface area contributed by atoms with Crippen molar-refractivity contribution in [2.45, 2.75) is 48.9 Å². The number of hydrogen-bond donors (Lipinski definition) is 1. The topological polar surface area (TPSA) is 101 Å². The molecule has 1 fully saturated rings. The molecule has 0 unspecified atom stereocenters.